The quantitative estimate of drug-likeness (QED) is 0.626. The van der Waals surface area contributed by atoms with Crippen molar-refractivity contribution in [2.24, 2.45) is 10.9 Å². The molecule has 2 rings (SSSR count). The van der Waals surface area contributed by atoms with Crippen LogP contribution in [-0.2, 0) is 0 Å². The molecule has 0 aromatic rings. The molecule has 0 saturated heterocycles. The van der Waals surface area contributed by atoms with Crippen molar-refractivity contribution in [2.45, 2.75) is 25.0 Å². The summed E-state index contributed by atoms with van der Waals surface area (Å²) in [7, 11) is 0. The van der Waals surface area contributed by atoms with Crippen molar-refractivity contribution >= 4 is 6.21 Å². The lowest BCUT2D eigenvalue weighted by Gasteiger charge is -2.36. The molecular formula is C10H13NO. The van der Waals surface area contributed by atoms with E-state index in [1.807, 2.05) is 18.2 Å². The fraction of sp³-hybridized carbons (Fsp3) is 0.500. The van der Waals surface area contributed by atoms with Crippen LogP contribution in [0.15, 0.2) is 29.3 Å². The van der Waals surface area contributed by atoms with E-state index >= 15 is 0 Å². The molecule has 0 radical (unpaired) electrons. The van der Waals surface area contributed by atoms with Gasteiger partial charge < -0.3 is 5.11 Å². The monoisotopic (exact) mass is 163 g/mol. The molecule has 2 heteroatoms. The summed E-state index contributed by atoms with van der Waals surface area (Å²) in [6.45, 7) is 0. The van der Waals surface area contributed by atoms with E-state index in [0.717, 1.165) is 12.8 Å². The normalized spacial score (nSPS) is 34.8. The Morgan fingerprint density at radius 2 is 2.08 bits per heavy atom. The molecule has 2 aliphatic rings. The van der Waals surface area contributed by atoms with Gasteiger partial charge in [0, 0.05) is 12.1 Å². The second kappa shape index (κ2) is 2.87. The second-order valence-corrected chi connectivity index (χ2v) is 3.43. The molecule has 1 fully saturated rings. The standard InChI is InChI=1S/C10H13NO/c12-10(9-5-4-6-9)7-2-1-3-8-11-10/h1-3,7-9,12H,4-6H2. The first-order chi connectivity index (χ1) is 5.81. The first-order valence-corrected chi connectivity index (χ1v) is 4.43. The third-order valence-corrected chi connectivity index (χ3v) is 2.64. The fourth-order valence-corrected chi connectivity index (χ4v) is 1.59. The van der Waals surface area contributed by atoms with Crippen LogP contribution in [0.25, 0.3) is 0 Å². The number of aliphatic imine (C=N–C) groups is 1. The van der Waals surface area contributed by atoms with Crippen LogP contribution in [0.1, 0.15) is 19.3 Å². The number of hydrogen-bond donors (Lipinski definition) is 1. The number of nitrogens with zero attached hydrogens (tertiary/aromatic N) is 1. The van der Waals surface area contributed by atoms with Crippen LogP contribution in [0.4, 0.5) is 0 Å². The Kier molecular flexibility index (Phi) is 1.85. The van der Waals surface area contributed by atoms with Gasteiger partial charge in [-0.05, 0) is 25.0 Å². The second-order valence-electron chi connectivity index (χ2n) is 3.43. The maximum atomic E-state index is 10.0. The van der Waals surface area contributed by atoms with Crippen LogP contribution < -0.4 is 0 Å². The SMILES string of the molecule is OC1(C2CCC2)C=CC=CC=N1. The summed E-state index contributed by atoms with van der Waals surface area (Å²) in [5.74, 6) is 0.338. The molecule has 1 aliphatic carbocycles. The highest BCUT2D eigenvalue weighted by Crippen LogP contribution is 2.38. The van der Waals surface area contributed by atoms with Crippen molar-refractivity contribution < 1.29 is 5.11 Å². The van der Waals surface area contributed by atoms with Crippen LogP contribution in [0.2, 0.25) is 0 Å². The van der Waals surface area contributed by atoms with E-state index < -0.39 is 5.72 Å². The maximum absolute atomic E-state index is 10.0. The molecular weight excluding hydrogens is 150 g/mol. The van der Waals surface area contributed by atoms with Gasteiger partial charge in [0.1, 0.15) is 0 Å². The van der Waals surface area contributed by atoms with E-state index in [2.05, 4.69) is 4.99 Å². The largest absolute Gasteiger partial charge is 0.366 e. The Bertz CT molecular complexity index is 233. The van der Waals surface area contributed by atoms with Crippen molar-refractivity contribution in [2.75, 3.05) is 0 Å². The highest BCUT2D eigenvalue weighted by atomic mass is 16.3. The summed E-state index contributed by atoms with van der Waals surface area (Å²) in [5.41, 5.74) is -0.915. The maximum Gasteiger partial charge on any atom is 0.178 e. The van der Waals surface area contributed by atoms with E-state index in [9.17, 15) is 5.11 Å². The third-order valence-electron chi connectivity index (χ3n) is 2.64. The van der Waals surface area contributed by atoms with E-state index in [1.54, 1.807) is 12.3 Å². The Labute approximate surface area is 72.3 Å². The Balaban J connectivity index is 2.18. The number of rotatable bonds is 1. The average molecular weight is 163 g/mol. The zero-order chi connectivity index (χ0) is 8.44. The predicted octanol–water partition coefficient (Wildman–Crippen LogP) is 1.67. The van der Waals surface area contributed by atoms with Gasteiger partial charge in [0.2, 0.25) is 0 Å². The van der Waals surface area contributed by atoms with Crippen LogP contribution >= 0.6 is 0 Å². The van der Waals surface area contributed by atoms with E-state index in [4.69, 9.17) is 0 Å². The smallest absolute Gasteiger partial charge is 0.178 e. The highest BCUT2D eigenvalue weighted by Gasteiger charge is 2.37. The topological polar surface area (TPSA) is 32.6 Å². The van der Waals surface area contributed by atoms with Gasteiger partial charge in [0.15, 0.2) is 5.72 Å². The van der Waals surface area contributed by atoms with Gasteiger partial charge in [-0.2, -0.15) is 0 Å². The molecule has 0 spiro atoms. The summed E-state index contributed by atoms with van der Waals surface area (Å²) in [5, 5.41) is 10.0. The molecule has 0 aromatic heterocycles. The minimum absolute atomic E-state index is 0.338. The van der Waals surface area contributed by atoms with Crippen LogP contribution in [0, 0.1) is 5.92 Å². The molecule has 12 heavy (non-hydrogen) atoms. The van der Waals surface area contributed by atoms with E-state index in [1.165, 1.54) is 6.42 Å². The van der Waals surface area contributed by atoms with E-state index in [0.29, 0.717) is 5.92 Å². The molecule has 0 amide bonds. The zero-order valence-corrected chi connectivity index (χ0v) is 6.98. The number of aliphatic hydroxyl groups is 1. The minimum atomic E-state index is -0.915. The Morgan fingerprint density at radius 1 is 1.25 bits per heavy atom. The lowest BCUT2D eigenvalue weighted by molar-refractivity contribution is -0.0000242. The van der Waals surface area contributed by atoms with Gasteiger partial charge in [-0.15, -0.1) is 0 Å². The average Bonchev–Trinajstić information content (AvgIpc) is 2.10. The third kappa shape index (κ3) is 1.23. The minimum Gasteiger partial charge on any atom is -0.366 e. The summed E-state index contributed by atoms with van der Waals surface area (Å²) in [6, 6.07) is 0. The highest BCUT2D eigenvalue weighted by molar-refractivity contribution is 5.72. The van der Waals surface area contributed by atoms with Gasteiger partial charge in [0.25, 0.3) is 0 Å². The molecule has 1 saturated carbocycles. The van der Waals surface area contributed by atoms with E-state index in [-0.39, 0.29) is 0 Å². The summed E-state index contributed by atoms with van der Waals surface area (Å²) < 4.78 is 0. The van der Waals surface area contributed by atoms with Gasteiger partial charge in [-0.3, -0.25) is 4.99 Å². The molecule has 1 N–H and O–H groups in total. The summed E-state index contributed by atoms with van der Waals surface area (Å²) in [6.07, 6.45) is 12.5. The molecule has 64 valence electrons. The lowest BCUT2D eigenvalue weighted by Crippen LogP contribution is -2.38. The molecule has 1 unspecified atom stereocenters. The van der Waals surface area contributed by atoms with Crippen LogP contribution in [-0.4, -0.2) is 17.0 Å². The van der Waals surface area contributed by atoms with Crippen LogP contribution in [0.3, 0.4) is 0 Å². The summed E-state index contributed by atoms with van der Waals surface area (Å²) in [4.78, 5) is 4.13. The van der Waals surface area contributed by atoms with Crippen molar-refractivity contribution in [1.29, 1.82) is 0 Å². The molecule has 1 heterocycles. The van der Waals surface area contributed by atoms with Gasteiger partial charge >= 0.3 is 0 Å². The lowest BCUT2D eigenvalue weighted by atomic mass is 9.77. The van der Waals surface area contributed by atoms with Gasteiger partial charge in [-0.1, -0.05) is 18.6 Å². The molecule has 1 atom stereocenters. The predicted molar refractivity (Wildman–Crippen MR) is 49.1 cm³/mol. The molecule has 0 bridgehead atoms. The first-order valence-electron chi connectivity index (χ1n) is 4.43. The fourth-order valence-electron chi connectivity index (χ4n) is 1.59. The van der Waals surface area contributed by atoms with Crippen molar-refractivity contribution in [1.82, 2.24) is 0 Å². The van der Waals surface area contributed by atoms with Gasteiger partial charge in [0.05, 0.1) is 0 Å². The Hall–Kier alpha value is -0.890. The molecule has 2 nitrogen and oxygen atoms in total. The van der Waals surface area contributed by atoms with Gasteiger partial charge in [-0.25, -0.2) is 0 Å². The Morgan fingerprint density at radius 3 is 2.75 bits per heavy atom. The number of allylic oxidation sites excluding steroid dienone is 3. The summed E-state index contributed by atoms with van der Waals surface area (Å²) >= 11 is 0. The first kappa shape index (κ1) is 7.74. The number of hydrogen-bond acceptors (Lipinski definition) is 2. The zero-order valence-electron chi connectivity index (χ0n) is 6.98. The van der Waals surface area contributed by atoms with Crippen molar-refractivity contribution in [3.8, 4) is 0 Å². The van der Waals surface area contributed by atoms with Crippen molar-refractivity contribution in [3.63, 3.8) is 0 Å². The van der Waals surface area contributed by atoms with Crippen LogP contribution in [0.5, 0.6) is 0 Å². The molecule has 1 aliphatic heterocycles. The molecule has 0 aromatic carbocycles. The van der Waals surface area contributed by atoms with Crippen molar-refractivity contribution in [3.05, 3.63) is 24.3 Å².